The smallest absolute Gasteiger partial charge is 0.411 e. The summed E-state index contributed by atoms with van der Waals surface area (Å²) in [7, 11) is 0. The predicted octanol–water partition coefficient (Wildman–Crippen LogP) is 1.46. The molecule has 1 N–H and O–H groups in total. The molecule has 7 nitrogen and oxygen atoms in total. The van der Waals surface area contributed by atoms with Gasteiger partial charge in [-0.15, -0.1) is 0 Å². The lowest BCUT2D eigenvalue weighted by Gasteiger charge is -2.44. The van der Waals surface area contributed by atoms with Crippen LogP contribution in [-0.2, 0) is 14.3 Å². The van der Waals surface area contributed by atoms with Crippen molar-refractivity contribution in [2.24, 2.45) is 0 Å². The standard InChI is InChI=1S/C15H24N2O5/c1-14(2,3)22-13(21)17-9-5-7-15(17)6-4-8-16(12(15)20)10-11(18)19/h4-10H2,1-3H3,(H,18,19)/t15-/m0/s1. The molecule has 0 radical (unpaired) electrons. The average molecular weight is 312 g/mol. The number of carbonyl (C=O) groups excluding carboxylic acids is 2. The van der Waals surface area contributed by atoms with Crippen molar-refractivity contribution in [3.05, 3.63) is 0 Å². The van der Waals surface area contributed by atoms with Gasteiger partial charge in [-0.2, -0.15) is 0 Å². The van der Waals surface area contributed by atoms with E-state index >= 15 is 0 Å². The number of ether oxygens (including phenoxy) is 1. The summed E-state index contributed by atoms with van der Waals surface area (Å²) in [4.78, 5) is 39.0. The molecule has 2 rings (SSSR count). The van der Waals surface area contributed by atoms with Gasteiger partial charge in [0.25, 0.3) is 0 Å². The number of likely N-dealkylation sites (tertiary alicyclic amines) is 2. The number of piperidine rings is 1. The minimum atomic E-state index is -1.03. The second-order valence-corrected chi connectivity index (χ2v) is 6.99. The zero-order valence-electron chi connectivity index (χ0n) is 13.4. The average Bonchev–Trinajstić information content (AvgIpc) is 2.77. The zero-order valence-corrected chi connectivity index (χ0v) is 13.4. The number of aliphatic carboxylic acids is 1. The Morgan fingerprint density at radius 3 is 2.36 bits per heavy atom. The fourth-order valence-corrected chi connectivity index (χ4v) is 3.32. The van der Waals surface area contributed by atoms with E-state index in [0.717, 1.165) is 6.42 Å². The highest BCUT2D eigenvalue weighted by molar-refractivity contribution is 5.93. The van der Waals surface area contributed by atoms with Crippen molar-refractivity contribution in [2.45, 2.75) is 57.6 Å². The number of rotatable bonds is 2. The van der Waals surface area contributed by atoms with E-state index in [1.165, 1.54) is 9.80 Å². The maximum absolute atomic E-state index is 12.8. The van der Waals surface area contributed by atoms with Crippen LogP contribution in [0.1, 0.15) is 46.5 Å². The summed E-state index contributed by atoms with van der Waals surface area (Å²) in [5, 5.41) is 8.94. The van der Waals surface area contributed by atoms with Crippen LogP contribution in [0.5, 0.6) is 0 Å². The molecule has 0 aliphatic carbocycles. The molecule has 7 heteroatoms. The molecule has 2 saturated heterocycles. The molecular formula is C15H24N2O5. The topological polar surface area (TPSA) is 87.2 Å². The lowest BCUT2D eigenvalue weighted by molar-refractivity contribution is -0.153. The van der Waals surface area contributed by atoms with E-state index in [2.05, 4.69) is 0 Å². The Bertz CT molecular complexity index is 485. The SMILES string of the molecule is CC(C)(C)OC(=O)N1CCC[C@]12CCCN(CC(=O)O)C2=O. The Balaban J connectivity index is 2.21. The molecule has 1 spiro atoms. The van der Waals surface area contributed by atoms with Gasteiger partial charge < -0.3 is 14.7 Å². The molecule has 2 aliphatic heterocycles. The van der Waals surface area contributed by atoms with Crippen LogP contribution in [0.25, 0.3) is 0 Å². The first kappa shape index (κ1) is 16.6. The van der Waals surface area contributed by atoms with E-state index in [1.54, 1.807) is 20.8 Å². The Morgan fingerprint density at radius 2 is 1.82 bits per heavy atom. The van der Waals surface area contributed by atoms with Gasteiger partial charge in [0.2, 0.25) is 5.91 Å². The molecular weight excluding hydrogens is 288 g/mol. The van der Waals surface area contributed by atoms with Gasteiger partial charge in [0.05, 0.1) is 0 Å². The first-order chi connectivity index (χ1) is 10.2. The third kappa shape index (κ3) is 3.18. The third-order valence-electron chi connectivity index (χ3n) is 4.13. The quantitative estimate of drug-likeness (QED) is 0.834. The summed E-state index contributed by atoms with van der Waals surface area (Å²) in [6.45, 7) is 5.94. The molecule has 0 aromatic rings. The Labute approximate surface area is 130 Å². The number of carboxylic acids is 1. The highest BCUT2D eigenvalue weighted by Gasteiger charge is 2.53. The minimum absolute atomic E-state index is 0.260. The number of amides is 2. The maximum Gasteiger partial charge on any atom is 0.411 e. The Hall–Kier alpha value is -1.79. The molecule has 0 unspecified atom stereocenters. The summed E-state index contributed by atoms with van der Waals surface area (Å²) in [5.74, 6) is -1.29. The van der Waals surface area contributed by atoms with Gasteiger partial charge in [0.15, 0.2) is 0 Å². The maximum atomic E-state index is 12.8. The molecule has 2 aliphatic rings. The molecule has 22 heavy (non-hydrogen) atoms. The van der Waals surface area contributed by atoms with Crippen molar-refractivity contribution >= 4 is 18.0 Å². The highest BCUT2D eigenvalue weighted by Crippen LogP contribution is 2.39. The van der Waals surface area contributed by atoms with Crippen molar-refractivity contribution in [2.75, 3.05) is 19.6 Å². The van der Waals surface area contributed by atoms with Crippen LogP contribution < -0.4 is 0 Å². The first-order valence-corrected chi connectivity index (χ1v) is 7.67. The third-order valence-corrected chi connectivity index (χ3v) is 4.13. The second kappa shape index (κ2) is 5.78. The molecule has 0 bridgehead atoms. The van der Waals surface area contributed by atoms with E-state index in [0.29, 0.717) is 32.4 Å². The number of nitrogens with zero attached hydrogens (tertiary/aromatic N) is 2. The van der Waals surface area contributed by atoms with Crippen molar-refractivity contribution in [1.29, 1.82) is 0 Å². The van der Waals surface area contributed by atoms with Gasteiger partial charge in [-0.1, -0.05) is 0 Å². The summed E-state index contributed by atoms with van der Waals surface area (Å²) in [5.41, 5.74) is -1.55. The van der Waals surface area contributed by atoms with Gasteiger partial charge >= 0.3 is 12.1 Å². The van der Waals surface area contributed by atoms with E-state index in [1.807, 2.05) is 0 Å². The highest BCUT2D eigenvalue weighted by atomic mass is 16.6. The van der Waals surface area contributed by atoms with Crippen LogP contribution in [-0.4, -0.2) is 63.7 Å². The molecule has 1 atom stereocenters. The molecule has 124 valence electrons. The van der Waals surface area contributed by atoms with Crippen LogP contribution in [0.3, 0.4) is 0 Å². The summed E-state index contributed by atoms with van der Waals surface area (Å²) < 4.78 is 5.41. The van der Waals surface area contributed by atoms with Gasteiger partial charge in [0.1, 0.15) is 17.7 Å². The van der Waals surface area contributed by atoms with E-state index in [9.17, 15) is 14.4 Å². The lowest BCUT2D eigenvalue weighted by Crippen LogP contribution is -2.62. The van der Waals surface area contributed by atoms with Crippen LogP contribution in [0.15, 0.2) is 0 Å². The zero-order chi connectivity index (χ0) is 16.5. The molecule has 0 aromatic carbocycles. The van der Waals surface area contributed by atoms with Crippen LogP contribution in [0, 0.1) is 0 Å². The monoisotopic (exact) mass is 312 g/mol. The van der Waals surface area contributed by atoms with E-state index in [4.69, 9.17) is 9.84 Å². The first-order valence-electron chi connectivity index (χ1n) is 7.67. The molecule has 0 saturated carbocycles. The van der Waals surface area contributed by atoms with E-state index in [-0.39, 0.29) is 12.5 Å². The normalized spacial score (nSPS) is 25.7. The predicted molar refractivity (Wildman–Crippen MR) is 78.4 cm³/mol. The lowest BCUT2D eigenvalue weighted by atomic mass is 9.85. The molecule has 2 amide bonds. The summed E-state index contributed by atoms with van der Waals surface area (Å²) >= 11 is 0. The molecule has 2 fully saturated rings. The van der Waals surface area contributed by atoms with Crippen molar-refractivity contribution in [3.63, 3.8) is 0 Å². The number of carboxylic acid groups (broad SMARTS) is 1. The van der Waals surface area contributed by atoms with Crippen LogP contribution in [0.2, 0.25) is 0 Å². The largest absolute Gasteiger partial charge is 0.480 e. The molecule has 2 heterocycles. The molecule has 0 aromatic heterocycles. The fraction of sp³-hybridized carbons (Fsp3) is 0.800. The van der Waals surface area contributed by atoms with Crippen molar-refractivity contribution < 1.29 is 24.2 Å². The number of hydrogen-bond acceptors (Lipinski definition) is 4. The van der Waals surface area contributed by atoms with Gasteiger partial charge in [-0.25, -0.2) is 4.79 Å². The Morgan fingerprint density at radius 1 is 1.23 bits per heavy atom. The summed E-state index contributed by atoms with van der Waals surface area (Å²) in [6.07, 6.45) is 2.07. The number of carbonyl (C=O) groups is 3. The van der Waals surface area contributed by atoms with Crippen molar-refractivity contribution in [1.82, 2.24) is 9.80 Å². The Kier molecular flexibility index (Phi) is 4.35. The van der Waals surface area contributed by atoms with Gasteiger partial charge in [0, 0.05) is 13.1 Å². The second-order valence-electron chi connectivity index (χ2n) is 6.99. The van der Waals surface area contributed by atoms with Crippen LogP contribution >= 0.6 is 0 Å². The van der Waals surface area contributed by atoms with Crippen LogP contribution in [0.4, 0.5) is 4.79 Å². The van der Waals surface area contributed by atoms with Gasteiger partial charge in [-0.05, 0) is 46.5 Å². The van der Waals surface area contributed by atoms with Crippen molar-refractivity contribution in [3.8, 4) is 0 Å². The van der Waals surface area contributed by atoms with Gasteiger partial charge in [-0.3, -0.25) is 14.5 Å². The fourth-order valence-electron chi connectivity index (χ4n) is 3.32. The van der Waals surface area contributed by atoms with E-state index < -0.39 is 23.2 Å². The number of hydrogen-bond donors (Lipinski definition) is 1. The summed E-state index contributed by atoms with van der Waals surface area (Å²) in [6, 6.07) is 0. The minimum Gasteiger partial charge on any atom is -0.480 e.